The van der Waals surface area contributed by atoms with Crippen molar-refractivity contribution in [2.45, 2.75) is 19.9 Å². The third kappa shape index (κ3) is 2.66. The fourth-order valence-corrected chi connectivity index (χ4v) is 1.83. The number of aryl methyl sites for hydroxylation is 1. The van der Waals surface area contributed by atoms with Crippen molar-refractivity contribution in [2.24, 2.45) is 0 Å². The van der Waals surface area contributed by atoms with E-state index in [1.54, 1.807) is 23.5 Å². The second-order valence-electron chi connectivity index (χ2n) is 3.22. The molecule has 2 aromatic heterocycles. The topological polar surface area (TPSA) is 70.9 Å². The molecule has 0 aliphatic rings. The van der Waals surface area contributed by atoms with E-state index in [9.17, 15) is 0 Å². The highest BCUT2D eigenvalue weighted by molar-refractivity contribution is 7.15. The number of hydrogen-bond acceptors (Lipinski definition) is 6. The van der Waals surface area contributed by atoms with Gasteiger partial charge in [-0.25, -0.2) is 0 Å². The summed E-state index contributed by atoms with van der Waals surface area (Å²) in [6, 6.07) is 3.38. The second kappa shape index (κ2) is 4.89. The monoisotopic (exact) mass is 236 g/mol. The zero-order valence-electron chi connectivity index (χ0n) is 8.84. The zero-order chi connectivity index (χ0) is 11.4. The summed E-state index contributed by atoms with van der Waals surface area (Å²) in [4.78, 5) is 4.06. The van der Waals surface area contributed by atoms with Crippen LogP contribution in [0.5, 0.6) is 5.75 Å². The maximum Gasteiger partial charge on any atom is 0.205 e. The number of anilines is 1. The van der Waals surface area contributed by atoms with Gasteiger partial charge in [-0.3, -0.25) is 4.98 Å². The molecule has 0 aromatic carbocycles. The minimum Gasteiger partial charge on any atom is -0.506 e. The van der Waals surface area contributed by atoms with Crippen molar-refractivity contribution in [3.63, 3.8) is 0 Å². The van der Waals surface area contributed by atoms with Gasteiger partial charge in [0.15, 0.2) is 0 Å². The molecule has 2 heterocycles. The molecule has 5 nitrogen and oxygen atoms in total. The molecule has 0 saturated heterocycles. The molecule has 0 unspecified atom stereocenters. The molecule has 0 fully saturated rings. The van der Waals surface area contributed by atoms with Crippen LogP contribution in [0.25, 0.3) is 0 Å². The number of nitrogens with one attached hydrogen (secondary N) is 1. The summed E-state index contributed by atoms with van der Waals surface area (Å²) >= 11 is 1.54. The minimum atomic E-state index is 0.174. The van der Waals surface area contributed by atoms with Gasteiger partial charge in [0.25, 0.3) is 0 Å². The van der Waals surface area contributed by atoms with Crippen LogP contribution in [0.15, 0.2) is 18.3 Å². The van der Waals surface area contributed by atoms with Crippen molar-refractivity contribution in [2.75, 3.05) is 5.32 Å². The molecule has 0 aliphatic heterocycles. The molecule has 0 atom stereocenters. The van der Waals surface area contributed by atoms with E-state index in [4.69, 9.17) is 5.11 Å². The van der Waals surface area contributed by atoms with Gasteiger partial charge in [0.2, 0.25) is 5.13 Å². The number of nitrogens with zero attached hydrogens (tertiary/aromatic N) is 3. The van der Waals surface area contributed by atoms with Crippen LogP contribution in [-0.4, -0.2) is 20.3 Å². The molecule has 2 N–H and O–H groups in total. The Kier molecular flexibility index (Phi) is 3.31. The lowest BCUT2D eigenvalue weighted by Crippen LogP contribution is -2.00. The summed E-state index contributed by atoms with van der Waals surface area (Å²) in [5.74, 6) is 0.174. The molecule has 0 saturated carbocycles. The Morgan fingerprint density at radius 3 is 2.88 bits per heavy atom. The van der Waals surface area contributed by atoms with Gasteiger partial charge in [0, 0.05) is 0 Å². The minimum absolute atomic E-state index is 0.174. The average molecular weight is 236 g/mol. The first-order valence-corrected chi connectivity index (χ1v) is 5.79. The summed E-state index contributed by atoms with van der Waals surface area (Å²) in [5.41, 5.74) is 0.853. The van der Waals surface area contributed by atoms with Crippen molar-refractivity contribution in [1.82, 2.24) is 15.2 Å². The number of pyridine rings is 1. The molecule has 6 heteroatoms. The van der Waals surface area contributed by atoms with E-state index in [-0.39, 0.29) is 5.75 Å². The van der Waals surface area contributed by atoms with Crippen molar-refractivity contribution in [3.05, 3.63) is 29.0 Å². The van der Waals surface area contributed by atoms with Gasteiger partial charge in [-0.05, 0) is 18.6 Å². The maximum absolute atomic E-state index is 9.07. The lowest BCUT2D eigenvalue weighted by Gasteiger charge is -2.00. The largest absolute Gasteiger partial charge is 0.506 e. The Bertz CT molecular complexity index is 454. The van der Waals surface area contributed by atoms with E-state index in [0.29, 0.717) is 6.54 Å². The average Bonchev–Trinajstić information content (AvgIpc) is 2.76. The van der Waals surface area contributed by atoms with Gasteiger partial charge < -0.3 is 10.4 Å². The molecule has 84 valence electrons. The molecular weight excluding hydrogens is 224 g/mol. The van der Waals surface area contributed by atoms with Gasteiger partial charge in [-0.1, -0.05) is 18.3 Å². The predicted molar refractivity (Wildman–Crippen MR) is 62.5 cm³/mol. The molecule has 0 amide bonds. The first-order valence-electron chi connectivity index (χ1n) is 4.98. The molecule has 16 heavy (non-hydrogen) atoms. The van der Waals surface area contributed by atoms with E-state index in [0.717, 1.165) is 22.3 Å². The van der Waals surface area contributed by atoms with Crippen molar-refractivity contribution >= 4 is 16.5 Å². The molecule has 0 aliphatic carbocycles. The second-order valence-corrected chi connectivity index (χ2v) is 4.28. The number of aromatic hydroxyl groups is 1. The highest BCUT2D eigenvalue weighted by atomic mass is 32.1. The fraction of sp³-hybridized carbons (Fsp3) is 0.300. The summed E-state index contributed by atoms with van der Waals surface area (Å²) < 4.78 is 0. The summed E-state index contributed by atoms with van der Waals surface area (Å²) in [7, 11) is 0. The molecular formula is C10H12N4OS. The Labute approximate surface area is 97.2 Å². The van der Waals surface area contributed by atoms with Crippen LogP contribution in [0.1, 0.15) is 17.6 Å². The Morgan fingerprint density at radius 2 is 2.25 bits per heavy atom. The third-order valence-electron chi connectivity index (χ3n) is 2.00. The number of hydrogen-bond donors (Lipinski definition) is 2. The van der Waals surface area contributed by atoms with Crippen LogP contribution >= 0.6 is 11.3 Å². The molecule has 0 spiro atoms. The maximum atomic E-state index is 9.07. The van der Waals surface area contributed by atoms with E-state index in [1.165, 1.54) is 6.20 Å². The van der Waals surface area contributed by atoms with Gasteiger partial charge in [-0.2, -0.15) is 0 Å². The van der Waals surface area contributed by atoms with Gasteiger partial charge >= 0.3 is 0 Å². The van der Waals surface area contributed by atoms with Crippen molar-refractivity contribution in [3.8, 4) is 5.75 Å². The standard InChI is InChI=1S/C10H12N4OS/c1-2-9-13-14-10(16-9)12-5-7-3-4-8(15)6-11-7/h3-4,6,15H,2,5H2,1H3,(H,12,14). The fourth-order valence-electron chi connectivity index (χ4n) is 1.16. The zero-order valence-corrected chi connectivity index (χ0v) is 9.66. The van der Waals surface area contributed by atoms with Crippen LogP contribution in [0.3, 0.4) is 0 Å². The van der Waals surface area contributed by atoms with Crippen LogP contribution < -0.4 is 5.32 Å². The smallest absolute Gasteiger partial charge is 0.205 e. The molecule has 2 aromatic rings. The summed E-state index contributed by atoms with van der Waals surface area (Å²) in [6.45, 7) is 2.63. The van der Waals surface area contributed by atoms with Gasteiger partial charge in [0.1, 0.15) is 10.8 Å². The van der Waals surface area contributed by atoms with Crippen LogP contribution in [0.2, 0.25) is 0 Å². The Hall–Kier alpha value is -1.69. The summed E-state index contributed by atoms with van der Waals surface area (Å²) in [5, 5.41) is 22.0. The molecule has 0 radical (unpaired) electrons. The Morgan fingerprint density at radius 1 is 1.38 bits per heavy atom. The SMILES string of the molecule is CCc1nnc(NCc2ccc(O)cn2)s1. The van der Waals surface area contributed by atoms with E-state index in [1.807, 2.05) is 6.92 Å². The normalized spacial score (nSPS) is 10.3. The summed E-state index contributed by atoms with van der Waals surface area (Å²) in [6.07, 6.45) is 2.32. The lowest BCUT2D eigenvalue weighted by molar-refractivity contribution is 0.472. The molecule has 0 bridgehead atoms. The Balaban J connectivity index is 1.94. The van der Waals surface area contributed by atoms with Gasteiger partial charge in [0.05, 0.1) is 18.4 Å². The van der Waals surface area contributed by atoms with E-state index < -0.39 is 0 Å². The van der Waals surface area contributed by atoms with Gasteiger partial charge in [-0.15, -0.1) is 10.2 Å². The van der Waals surface area contributed by atoms with Crippen LogP contribution in [-0.2, 0) is 13.0 Å². The lowest BCUT2D eigenvalue weighted by atomic mass is 10.3. The quantitative estimate of drug-likeness (QED) is 0.847. The van der Waals surface area contributed by atoms with Crippen molar-refractivity contribution in [1.29, 1.82) is 0 Å². The number of rotatable bonds is 4. The van der Waals surface area contributed by atoms with Crippen molar-refractivity contribution < 1.29 is 5.11 Å². The van der Waals surface area contributed by atoms with E-state index >= 15 is 0 Å². The first-order chi connectivity index (χ1) is 7.78. The highest BCUT2D eigenvalue weighted by Crippen LogP contribution is 2.16. The highest BCUT2D eigenvalue weighted by Gasteiger charge is 2.02. The number of aromatic nitrogens is 3. The van der Waals surface area contributed by atoms with Crippen LogP contribution in [0, 0.1) is 0 Å². The van der Waals surface area contributed by atoms with E-state index in [2.05, 4.69) is 20.5 Å². The first kappa shape index (κ1) is 10.8. The third-order valence-corrected chi connectivity index (χ3v) is 3.02. The van der Waals surface area contributed by atoms with Crippen LogP contribution in [0.4, 0.5) is 5.13 Å². The molecule has 2 rings (SSSR count). The predicted octanol–water partition coefficient (Wildman–Crippen LogP) is 1.81.